The number of halogens is 1. The minimum atomic E-state index is 0.713. The standard InChI is InChI=1S/C18H22ClN3O/c19-17-3-5-18(6-4-17)23-13-12-21-8-10-22(11-9-21)15-16-2-1-7-20-14-16/h1-7,14H,8-13,15H2. The Hall–Kier alpha value is -1.62. The zero-order valence-corrected chi connectivity index (χ0v) is 14.0. The lowest BCUT2D eigenvalue weighted by molar-refractivity contribution is 0.112. The van der Waals surface area contributed by atoms with Gasteiger partial charge in [0.15, 0.2) is 0 Å². The third-order valence-electron chi connectivity index (χ3n) is 4.08. The van der Waals surface area contributed by atoms with Crippen molar-refractivity contribution in [3.63, 3.8) is 0 Å². The van der Waals surface area contributed by atoms with Crippen LogP contribution >= 0.6 is 11.6 Å². The molecule has 2 heterocycles. The van der Waals surface area contributed by atoms with E-state index in [-0.39, 0.29) is 0 Å². The lowest BCUT2D eigenvalue weighted by atomic mass is 10.2. The summed E-state index contributed by atoms with van der Waals surface area (Å²) in [4.78, 5) is 9.11. The average molecular weight is 332 g/mol. The van der Waals surface area contributed by atoms with E-state index < -0.39 is 0 Å². The highest BCUT2D eigenvalue weighted by Crippen LogP contribution is 2.15. The van der Waals surface area contributed by atoms with Gasteiger partial charge in [-0.15, -0.1) is 0 Å². The molecule has 4 nitrogen and oxygen atoms in total. The highest BCUT2D eigenvalue weighted by molar-refractivity contribution is 6.30. The number of hydrogen-bond donors (Lipinski definition) is 0. The van der Waals surface area contributed by atoms with E-state index >= 15 is 0 Å². The van der Waals surface area contributed by atoms with Gasteiger partial charge in [-0.2, -0.15) is 0 Å². The molecule has 122 valence electrons. The lowest BCUT2D eigenvalue weighted by Crippen LogP contribution is -2.47. The fraction of sp³-hybridized carbons (Fsp3) is 0.389. The quantitative estimate of drug-likeness (QED) is 0.813. The molecule has 0 bridgehead atoms. The van der Waals surface area contributed by atoms with Crippen LogP contribution in [0.25, 0.3) is 0 Å². The molecular weight excluding hydrogens is 310 g/mol. The summed E-state index contributed by atoms with van der Waals surface area (Å²) in [5.74, 6) is 0.879. The summed E-state index contributed by atoms with van der Waals surface area (Å²) >= 11 is 5.87. The van der Waals surface area contributed by atoms with Crippen LogP contribution < -0.4 is 4.74 Å². The molecule has 0 radical (unpaired) electrons. The van der Waals surface area contributed by atoms with E-state index in [4.69, 9.17) is 16.3 Å². The minimum absolute atomic E-state index is 0.713. The normalized spacial score (nSPS) is 16.4. The summed E-state index contributed by atoms with van der Waals surface area (Å²) < 4.78 is 5.76. The van der Waals surface area contributed by atoms with Crippen molar-refractivity contribution in [3.05, 3.63) is 59.4 Å². The van der Waals surface area contributed by atoms with E-state index in [0.717, 1.165) is 50.0 Å². The Morgan fingerprint density at radius 1 is 1.00 bits per heavy atom. The van der Waals surface area contributed by atoms with Crippen LogP contribution in [0.2, 0.25) is 5.02 Å². The van der Waals surface area contributed by atoms with Crippen molar-refractivity contribution in [1.82, 2.24) is 14.8 Å². The van der Waals surface area contributed by atoms with Gasteiger partial charge in [0.2, 0.25) is 0 Å². The van der Waals surface area contributed by atoms with Crippen LogP contribution in [-0.4, -0.2) is 54.1 Å². The van der Waals surface area contributed by atoms with E-state index in [1.54, 1.807) is 0 Å². The highest BCUT2D eigenvalue weighted by atomic mass is 35.5. The molecule has 0 aliphatic carbocycles. The van der Waals surface area contributed by atoms with Gasteiger partial charge < -0.3 is 4.74 Å². The van der Waals surface area contributed by atoms with Crippen molar-refractivity contribution in [1.29, 1.82) is 0 Å². The van der Waals surface area contributed by atoms with Gasteiger partial charge in [0.1, 0.15) is 12.4 Å². The summed E-state index contributed by atoms with van der Waals surface area (Å²) in [6.45, 7) is 7.02. The SMILES string of the molecule is Clc1ccc(OCCN2CCN(Cc3cccnc3)CC2)cc1. The van der Waals surface area contributed by atoms with Crippen molar-refractivity contribution < 1.29 is 4.74 Å². The van der Waals surface area contributed by atoms with Crippen LogP contribution in [0.4, 0.5) is 0 Å². The molecule has 2 aromatic rings. The van der Waals surface area contributed by atoms with E-state index in [1.807, 2.05) is 42.7 Å². The van der Waals surface area contributed by atoms with Crippen LogP contribution in [0, 0.1) is 0 Å². The molecule has 0 N–H and O–H groups in total. The third kappa shape index (κ3) is 5.20. The Kier molecular flexibility index (Phi) is 5.86. The summed E-state index contributed by atoms with van der Waals surface area (Å²) in [7, 11) is 0. The van der Waals surface area contributed by atoms with Crippen molar-refractivity contribution in [2.24, 2.45) is 0 Å². The second-order valence-corrected chi connectivity index (χ2v) is 6.22. The Labute approximate surface area is 142 Å². The van der Waals surface area contributed by atoms with Gasteiger partial charge in [0.05, 0.1) is 0 Å². The zero-order valence-electron chi connectivity index (χ0n) is 13.2. The fourth-order valence-electron chi connectivity index (χ4n) is 2.74. The van der Waals surface area contributed by atoms with Gasteiger partial charge >= 0.3 is 0 Å². The van der Waals surface area contributed by atoms with Crippen molar-refractivity contribution in [2.45, 2.75) is 6.54 Å². The summed E-state index contributed by atoms with van der Waals surface area (Å²) in [5.41, 5.74) is 1.28. The molecule has 1 aliphatic rings. The van der Waals surface area contributed by atoms with Crippen molar-refractivity contribution in [2.75, 3.05) is 39.3 Å². The van der Waals surface area contributed by atoms with E-state index in [1.165, 1.54) is 5.56 Å². The number of ether oxygens (including phenoxy) is 1. The number of pyridine rings is 1. The summed E-state index contributed by atoms with van der Waals surface area (Å²) in [6.07, 6.45) is 3.77. The lowest BCUT2D eigenvalue weighted by Gasteiger charge is -2.34. The maximum absolute atomic E-state index is 5.87. The molecule has 0 unspecified atom stereocenters. The van der Waals surface area contributed by atoms with Gasteiger partial charge in [0.25, 0.3) is 0 Å². The molecular formula is C18H22ClN3O. The number of benzene rings is 1. The molecule has 0 atom stereocenters. The van der Waals surface area contributed by atoms with Crippen LogP contribution in [0.1, 0.15) is 5.56 Å². The number of piperazine rings is 1. The topological polar surface area (TPSA) is 28.6 Å². The second kappa shape index (κ2) is 8.29. The minimum Gasteiger partial charge on any atom is -0.492 e. The Balaban J connectivity index is 1.35. The number of rotatable bonds is 6. The monoisotopic (exact) mass is 331 g/mol. The van der Waals surface area contributed by atoms with Crippen molar-refractivity contribution >= 4 is 11.6 Å². The largest absolute Gasteiger partial charge is 0.492 e. The first-order chi connectivity index (χ1) is 11.3. The number of aromatic nitrogens is 1. The fourth-order valence-corrected chi connectivity index (χ4v) is 2.87. The molecule has 1 aromatic carbocycles. The van der Waals surface area contributed by atoms with Gasteiger partial charge in [0, 0.05) is 56.7 Å². The molecule has 0 saturated carbocycles. The van der Waals surface area contributed by atoms with Gasteiger partial charge in [-0.1, -0.05) is 17.7 Å². The van der Waals surface area contributed by atoms with Crippen LogP contribution in [-0.2, 0) is 6.54 Å². The van der Waals surface area contributed by atoms with Crippen molar-refractivity contribution in [3.8, 4) is 5.75 Å². The molecule has 3 rings (SSSR count). The first kappa shape index (κ1) is 16.2. The molecule has 0 spiro atoms. The van der Waals surface area contributed by atoms with E-state index in [0.29, 0.717) is 6.61 Å². The molecule has 1 aliphatic heterocycles. The molecule has 1 fully saturated rings. The average Bonchev–Trinajstić information content (AvgIpc) is 2.59. The Bertz CT molecular complexity index is 583. The van der Waals surface area contributed by atoms with E-state index in [9.17, 15) is 0 Å². The first-order valence-electron chi connectivity index (χ1n) is 8.01. The van der Waals surface area contributed by atoms with Gasteiger partial charge in [-0.3, -0.25) is 14.8 Å². The van der Waals surface area contributed by atoms with Crippen LogP contribution in [0.15, 0.2) is 48.8 Å². The van der Waals surface area contributed by atoms with E-state index in [2.05, 4.69) is 20.9 Å². The first-order valence-corrected chi connectivity index (χ1v) is 8.39. The maximum atomic E-state index is 5.87. The smallest absolute Gasteiger partial charge is 0.119 e. The summed E-state index contributed by atoms with van der Waals surface area (Å²) in [5, 5.41) is 0.738. The number of hydrogen-bond acceptors (Lipinski definition) is 4. The molecule has 5 heteroatoms. The molecule has 23 heavy (non-hydrogen) atoms. The Morgan fingerprint density at radius 2 is 1.74 bits per heavy atom. The van der Waals surface area contributed by atoms with Crippen LogP contribution in [0.3, 0.4) is 0 Å². The zero-order chi connectivity index (χ0) is 15.9. The molecule has 1 aromatic heterocycles. The maximum Gasteiger partial charge on any atom is 0.119 e. The molecule has 1 saturated heterocycles. The van der Waals surface area contributed by atoms with Crippen LogP contribution in [0.5, 0.6) is 5.75 Å². The third-order valence-corrected chi connectivity index (χ3v) is 4.34. The van der Waals surface area contributed by atoms with Gasteiger partial charge in [-0.25, -0.2) is 0 Å². The molecule has 0 amide bonds. The Morgan fingerprint density at radius 3 is 2.43 bits per heavy atom. The summed E-state index contributed by atoms with van der Waals surface area (Å²) in [6, 6.07) is 11.7. The highest BCUT2D eigenvalue weighted by Gasteiger charge is 2.16. The predicted molar refractivity (Wildman–Crippen MR) is 92.9 cm³/mol. The predicted octanol–water partition coefficient (Wildman–Crippen LogP) is 2.93. The van der Waals surface area contributed by atoms with Gasteiger partial charge in [-0.05, 0) is 35.9 Å². The number of nitrogens with zero attached hydrogens (tertiary/aromatic N) is 3. The second-order valence-electron chi connectivity index (χ2n) is 5.78.